The molecule has 0 fully saturated rings. The molecule has 5 heteroatoms. The SMILES string of the molecule is CCCn1c(Cl)c(CO)c2cc(Cl)cc(Cl)c21. The Balaban J connectivity index is 2.85. The van der Waals surface area contributed by atoms with Gasteiger partial charge in [-0.2, -0.15) is 0 Å². The van der Waals surface area contributed by atoms with Crippen LogP contribution in [0.4, 0.5) is 0 Å². The van der Waals surface area contributed by atoms with Crippen LogP contribution in [0.15, 0.2) is 12.1 Å². The lowest BCUT2D eigenvalue weighted by atomic mass is 10.2. The summed E-state index contributed by atoms with van der Waals surface area (Å²) in [5.41, 5.74) is 1.52. The van der Waals surface area contributed by atoms with Gasteiger partial charge in [-0.25, -0.2) is 0 Å². The van der Waals surface area contributed by atoms with E-state index in [1.165, 1.54) is 0 Å². The van der Waals surface area contributed by atoms with Crippen molar-refractivity contribution in [1.29, 1.82) is 0 Å². The molecular formula is C12H12Cl3NO. The van der Waals surface area contributed by atoms with Crippen LogP contribution >= 0.6 is 34.8 Å². The predicted molar refractivity (Wildman–Crippen MR) is 73.2 cm³/mol. The summed E-state index contributed by atoms with van der Waals surface area (Å²) in [6, 6.07) is 3.47. The van der Waals surface area contributed by atoms with E-state index in [0.29, 0.717) is 20.8 Å². The molecule has 0 atom stereocenters. The molecule has 2 nitrogen and oxygen atoms in total. The number of aromatic nitrogens is 1. The number of rotatable bonds is 3. The maximum absolute atomic E-state index is 9.40. The molecule has 1 heterocycles. The first-order chi connectivity index (χ1) is 8.10. The molecule has 0 radical (unpaired) electrons. The van der Waals surface area contributed by atoms with E-state index in [0.717, 1.165) is 23.9 Å². The van der Waals surface area contributed by atoms with Gasteiger partial charge in [0.25, 0.3) is 0 Å². The maximum atomic E-state index is 9.40. The first-order valence-electron chi connectivity index (χ1n) is 5.36. The van der Waals surface area contributed by atoms with Gasteiger partial charge in [-0.15, -0.1) is 0 Å². The highest BCUT2D eigenvalue weighted by molar-refractivity contribution is 6.39. The standard InChI is InChI=1S/C12H12Cl3NO/c1-2-3-16-11-8(9(6-17)12(16)15)4-7(13)5-10(11)14/h4-5,17H,2-3,6H2,1H3. The lowest BCUT2D eigenvalue weighted by molar-refractivity contribution is 0.283. The summed E-state index contributed by atoms with van der Waals surface area (Å²) in [7, 11) is 0. The smallest absolute Gasteiger partial charge is 0.115 e. The van der Waals surface area contributed by atoms with E-state index >= 15 is 0 Å². The lowest BCUT2D eigenvalue weighted by Crippen LogP contribution is -1.97. The topological polar surface area (TPSA) is 25.2 Å². The molecule has 1 N–H and O–H groups in total. The molecular weight excluding hydrogens is 280 g/mol. The van der Waals surface area contributed by atoms with Crippen molar-refractivity contribution in [3.63, 3.8) is 0 Å². The van der Waals surface area contributed by atoms with Crippen LogP contribution in [0.2, 0.25) is 15.2 Å². The lowest BCUT2D eigenvalue weighted by Gasteiger charge is -2.06. The number of benzene rings is 1. The van der Waals surface area contributed by atoms with Gasteiger partial charge in [-0.3, -0.25) is 0 Å². The number of aliphatic hydroxyl groups is 1. The Labute approximate surface area is 115 Å². The molecule has 0 aliphatic carbocycles. The summed E-state index contributed by atoms with van der Waals surface area (Å²) < 4.78 is 1.92. The van der Waals surface area contributed by atoms with Gasteiger partial charge in [0.1, 0.15) is 5.15 Å². The monoisotopic (exact) mass is 291 g/mol. The van der Waals surface area contributed by atoms with E-state index in [1.807, 2.05) is 4.57 Å². The third kappa shape index (κ3) is 2.15. The van der Waals surface area contributed by atoms with Crippen molar-refractivity contribution in [3.05, 3.63) is 32.9 Å². The van der Waals surface area contributed by atoms with E-state index < -0.39 is 0 Å². The Morgan fingerprint density at radius 3 is 2.53 bits per heavy atom. The third-order valence-electron chi connectivity index (χ3n) is 2.71. The molecule has 17 heavy (non-hydrogen) atoms. The van der Waals surface area contributed by atoms with Crippen molar-refractivity contribution >= 4 is 45.7 Å². The van der Waals surface area contributed by atoms with Crippen LogP contribution in [0.3, 0.4) is 0 Å². The van der Waals surface area contributed by atoms with Crippen molar-refractivity contribution < 1.29 is 5.11 Å². The van der Waals surface area contributed by atoms with Crippen LogP contribution in [0, 0.1) is 0 Å². The molecule has 0 saturated heterocycles. The van der Waals surface area contributed by atoms with Gasteiger partial charge >= 0.3 is 0 Å². The molecule has 2 aromatic rings. The fraction of sp³-hybridized carbons (Fsp3) is 0.333. The first-order valence-corrected chi connectivity index (χ1v) is 6.50. The molecule has 0 aliphatic heterocycles. The summed E-state index contributed by atoms with van der Waals surface area (Å²) >= 11 is 18.4. The number of nitrogens with zero attached hydrogens (tertiary/aromatic N) is 1. The molecule has 0 spiro atoms. The number of fused-ring (bicyclic) bond motifs is 1. The molecule has 1 aromatic heterocycles. The number of aryl methyl sites for hydroxylation is 1. The largest absolute Gasteiger partial charge is 0.392 e. The van der Waals surface area contributed by atoms with Crippen LogP contribution in [0.5, 0.6) is 0 Å². The maximum Gasteiger partial charge on any atom is 0.115 e. The average molecular weight is 293 g/mol. The van der Waals surface area contributed by atoms with Crippen molar-refractivity contribution in [2.24, 2.45) is 0 Å². The van der Waals surface area contributed by atoms with E-state index in [9.17, 15) is 5.11 Å². The van der Waals surface area contributed by atoms with Crippen LogP contribution < -0.4 is 0 Å². The molecule has 0 saturated carbocycles. The van der Waals surface area contributed by atoms with E-state index in [4.69, 9.17) is 34.8 Å². The van der Waals surface area contributed by atoms with Gasteiger partial charge < -0.3 is 9.67 Å². The Hall–Kier alpha value is -0.410. The predicted octanol–water partition coefficient (Wildman–Crippen LogP) is 4.50. The fourth-order valence-corrected chi connectivity index (χ4v) is 2.95. The molecule has 0 amide bonds. The summed E-state index contributed by atoms with van der Waals surface area (Å²) in [5.74, 6) is 0. The third-order valence-corrected chi connectivity index (χ3v) is 3.65. The zero-order valence-corrected chi connectivity index (χ0v) is 11.6. The Kier molecular flexibility index (Phi) is 3.88. The van der Waals surface area contributed by atoms with Gasteiger partial charge in [-0.05, 0) is 18.6 Å². The summed E-state index contributed by atoms with van der Waals surface area (Å²) in [6.07, 6.45) is 0.938. The van der Waals surface area contributed by atoms with Gasteiger partial charge in [0.05, 0.1) is 17.1 Å². The van der Waals surface area contributed by atoms with Crippen molar-refractivity contribution in [1.82, 2.24) is 4.57 Å². The normalized spacial score (nSPS) is 11.4. The Morgan fingerprint density at radius 1 is 1.24 bits per heavy atom. The molecule has 2 rings (SSSR count). The highest BCUT2D eigenvalue weighted by Gasteiger charge is 2.17. The van der Waals surface area contributed by atoms with Gasteiger partial charge in [-0.1, -0.05) is 41.7 Å². The molecule has 0 bridgehead atoms. The number of aliphatic hydroxyl groups excluding tert-OH is 1. The Bertz CT molecular complexity index is 563. The minimum atomic E-state index is -0.122. The minimum absolute atomic E-state index is 0.122. The quantitative estimate of drug-likeness (QED) is 0.885. The van der Waals surface area contributed by atoms with E-state index in [-0.39, 0.29) is 6.61 Å². The summed E-state index contributed by atoms with van der Waals surface area (Å²) in [5, 5.41) is 11.9. The second-order valence-electron chi connectivity index (χ2n) is 3.86. The summed E-state index contributed by atoms with van der Waals surface area (Å²) in [6.45, 7) is 2.70. The van der Waals surface area contributed by atoms with Crippen molar-refractivity contribution in [3.8, 4) is 0 Å². The molecule has 0 unspecified atom stereocenters. The van der Waals surface area contributed by atoms with Crippen LogP contribution in [-0.4, -0.2) is 9.67 Å². The first kappa shape index (κ1) is 13.0. The Morgan fingerprint density at radius 2 is 1.94 bits per heavy atom. The molecule has 1 aromatic carbocycles. The second kappa shape index (κ2) is 5.07. The highest BCUT2D eigenvalue weighted by Crippen LogP contribution is 2.36. The van der Waals surface area contributed by atoms with Crippen LogP contribution in [-0.2, 0) is 13.2 Å². The number of hydrogen-bond acceptors (Lipinski definition) is 1. The second-order valence-corrected chi connectivity index (χ2v) is 5.06. The number of halogens is 3. The van der Waals surface area contributed by atoms with Crippen molar-refractivity contribution in [2.45, 2.75) is 26.5 Å². The highest BCUT2D eigenvalue weighted by atomic mass is 35.5. The van der Waals surface area contributed by atoms with Gasteiger partial charge in [0.2, 0.25) is 0 Å². The summed E-state index contributed by atoms with van der Waals surface area (Å²) in [4.78, 5) is 0. The van der Waals surface area contributed by atoms with Gasteiger partial charge in [0, 0.05) is 22.5 Å². The van der Waals surface area contributed by atoms with E-state index in [2.05, 4.69) is 6.92 Å². The molecule has 92 valence electrons. The minimum Gasteiger partial charge on any atom is -0.392 e. The average Bonchev–Trinajstić information content (AvgIpc) is 2.52. The van der Waals surface area contributed by atoms with E-state index in [1.54, 1.807) is 12.1 Å². The van der Waals surface area contributed by atoms with Crippen molar-refractivity contribution in [2.75, 3.05) is 0 Å². The zero-order valence-electron chi connectivity index (χ0n) is 9.30. The zero-order chi connectivity index (χ0) is 12.6. The van der Waals surface area contributed by atoms with Gasteiger partial charge in [0.15, 0.2) is 0 Å². The molecule has 0 aliphatic rings. The van der Waals surface area contributed by atoms with Crippen LogP contribution in [0.25, 0.3) is 10.9 Å². The fourth-order valence-electron chi connectivity index (χ4n) is 2.03. The number of hydrogen-bond donors (Lipinski definition) is 1. The van der Waals surface area contributed by atoms with Crippen LogP contribution in [0.1, 0.15) is 18.9 Å².